The summed E-state index contributed by atoms with van der Waals surface area (Å²) in [5, 5.41) is 9.40. The number of nitrogens with zero attached hydrogens (tertiary/aromatic N) is 1. The molecule has 0 radical (unpaired) electrons. The molecule has 0 aromatic carbocycles. The van der Waals surface area contributed by atoms with Crippen LogP contribution in [0.25, 0.3) is 0 Å². The lowest BCUT2D eigenvalue weighted by Crippen LogP contribution is -2.31. The van der Waals surface area contributed by atoms with Gasteiger partial charge in [0.1, 0.15) is 5.76 Å². The topological polar surface area (TPSA) is 57.6 Å². The second kappa shape index (κ2) is 13.0. The minimum Gasteiger partial charge on any atom is -0.508 e. The molecule has 0 aromatic rings. The van der Waals surface area contributed by atoms with Gasteiger partial charge in [-0.05, 0) is 37.3 Å². The fourth-order valence-electron chi connectivity index (χ4n) is 1.82. The van der Waals surface area contributed by atoms with Crippen LogP contribution in [0.5, 0.6) is 0 Å². The number of aliphatic hydroxyl groups excluding tert-OH is 1. The van der Waals surface area contributed by atoms with Crippen molar-refractivity contribution >= 4 is 10.0 Å². The van der Waals surface area contributed by atoms with E-state index in [4.69, 9.17) is 0 Å². The van der Waals surface area contributed by atoms with Gasteiger partial charge in [-0.1, -0.05) is 32.6 Å². The Hall–Kier alpha value is -1.28. The molecule has 1 N–H and O–H groups in total. The number of sulfonamides is 1. The highest BCUT2D eigenvalue weighted by molar-refractivity contribution is 7.88. The maximum absolute atomic E-state index is 11.5. The van der Waals surface area contributed by atoms with Crippen LogP contribution in [-0.2, 0) is 10.0 Å². The predicted octanol–water partition coefficient (Wildman–Crippen LogP) is 4.83. The molecule has 0 saturated heterocycles. The van der Waals surface area contributed by atoms with Crippen LogP contribution < -0.4 is 0 Å². The molecule has 4 nitrogen and oxygen atoms in total. The van der Waals surface area contributed by atoms with Crippen LogP contribution >= 0.6 is 0 Å². The molecule has 1 unspecified atom stereocenters. The van der Waals surface area contributed by atoms with E-state index in [1.807, 2.05) is 19.9 Å². The first-order chi connectivity index (χ1) is 11.3. The van der Waals surface area contributed by atoms with Crippen LogP contribution in [0.2, 0.25) is 0 Å². The van der Waals surface area contributed by atoms with Gasteiger partial charge in [-0.3, -0.25) is 0 Å². The van der Waals surface area contributed by atoms with Crippen LogP contribution in [-0.4, -0.2) is 43.4 Å². The first-order valence-electron chi connectivity index (χ1n) is 8.03. The van der Waals surface area contributed by atoms with E-state index in [1.54, 1.807) is 6.08 Å². The zero-order valence-corrected chi connectivity index (χ0v) is 16.2. The van der Waals surface area contributed by atoms with E-state index in [9.17, 15) is 26.7 Å². The smallest absolute Gasteiger partial charge is 0.386 e. The average molecular weight is 385 g/mol. The molecule has 0 amide bonds. The lowest BCUT2D eigenvalue weighted by Gasteiger charge is -2.19. The summed E-state index contributed by atoms with van der Waals surface area (Å²) >= 11 is 0. The van der Waals surface area contributed by atoms with Gasteiger partial charge in [-0.25, -0.2) is 12.7 Å². The standard InChI is InChI=1S/C15H27NO3S.C2H3F3/c1-5-8-15(17)11-10-14(3)9-7-13-16(12-6-2)20(4,18)19;1-2(3,4)5/h5,8,10-11,14,17H,1,6-7,9,12-13H2,2-4H3;1H3/b11-10-,15-8+;. The van der Waals surface area contributed by atoms with Crippen molar-refractivity contribution in [1.82, 2.24) is 4.31 Å². The Labute approximate surface area is 149 Å². The Morgan fingerprint density at radius 1 is 1.32 bits per heavy atom. The SMILES string of the molecule is C=C/C=C(O)\C=C/C(C)CCCN(CCC)S(C)(=O)=O.CC(F)(F)F. The van der Waals surface area contributed by atoms with E-state index in [1.165, 1.54) is 22.7 Å². The monoisotopic (exact) mass is 385 g/mol. The molecule has 0 bridgehead atoms. The van der Waals surface area contributed by atoms with Gasteiger partial charge in [0.05, 0.1) is 6.26 Å². The van der Waals surface area contributed by atoms with Gasteiger partial charge in [0.2, 0.25) is 10.0 Å². The summed E-state index contributed by atoms with van der Waals surface area (Å²) in [5.74, 6) is 0.467. The van der Waals surface area contributed by atoms with Crippen molar-refractivity contribution in [1.29, 1.82) is 0 Å². The second-order valence-corrected chi connectivity index (χ2v) is 7.73. The van der Waals surface area contributed by atoms with Crippen LogP contribution in [0.15, 0.2) is 36.6 Å². The molecule has 0 fully saturated rings. The molecule has 0 heterocycles. The molecule has 0 aliphatic rings. The number of aliphatic hydroxyl groups is 1. The summed E-state index contributed by atoms with van der Waals surface area (Å²) in [5.41, 5.74) is 0. The first kappa shape index (κ1) is 26.0. The van der Waals surface area contributed by atoms with Crippen LogP contribution in [0.4, 0.5) is 13.2 Å². The first-order valence-corrected chi connectivity index (χ1v) is 9.87. The highest BCUT2D eigenvalue weighted by Crippen LogP contribution is 2.11. The number of allylic oxidation sites excluding steroid dienone is 4. The van der Waals surface area contributed by atoms with Crippen molar-refractivity contribution in [2.45, 2.75) is 46.2 Å². The number of halogens is 3. The van der Waals surface area contributed by atoms with Crippen molar-refractivity contribution in [3.63, 3.8) is 0 Å². The lowest BCUT2D eigenvalue weighted by atomic mass is 10.0. The van der Waals surface area contributed by atoms with E-state index in [0.717, 1.165) is 19.3 Å². The van der Waals surface area contributed by atoms with Crippen molar-refractivity contribution in [3.8, 4) is 0 Å². The third kappa shape index (κ3) is 20.7. The molecule has 148 valence electrons. The van der Waals surface area contributed by atoms with Crippen LogP contribution in [0, 0.1) is 5.92 Å². The zero-order valence-electron chi connectivity index (χ0n) is 15.4. The summed E-state index contributed by atoms with van der Waals surface area (Å²) < 4.78 is 55.7. The minimum atomic E-state index is -4.00. The van der Waals surface area contributed by atoms with Crippen LogP contribution in [0.1, 0.15) is 40.0 Å². The number of alkyl halides is 3. The van der Waals surface area contributed by atoms with Crippen molar-refractivity contribution < 1.29 is 26.7 Å². The predicted molar refractivity (Wildman–Crippen MR) is 96.9 cm³/mol. The Balaban J connectivity index is 0. The number of rotatable bonds is 10. The Kier molecular flexibility index (Phi) is 13.5. The van der Waals surface area contributed by atoms with E-state index in [0.29, 0.717) is 19.0 Å². The summed E-state index contributed by atoms with van der Waals surface area (Å²) in [6.45, 7) is 8.84. The molecule has 0 aliphatic heterocycles. The minimum absolute atomic E-state index is 0.176. The average Bonchev–Trinajstić information content (AvgIpc) is 2.41. The van der Waals surface area contributed by atoms with Gasteiger partial charge in [0, 0.05) is 20.0 Å². The maximum Gasteiger partial charge on any atom is 0.386 e. The Morgan fingerprint density at radius 2 is 1.84 bits per heavy atom. The molecule has 25 heavy (non-hydrogen) atoms. The van der Waals surface area contributed by atoms with Gasteiger partial charge in [-0.15, -0.1) is 0 Å². The largest absolute Gasteiger partial charge is 0.508 e. The summed E-state index contributed by atoms with van der Waals surface area (Å²) in [6, 6.07) is 0. The molecule has 0 aliphatic carbocycles. The van der Waals surface area contributed by atoms with Crippen molar-refractivity contribution in [2.75, 3.05) is 19.3 Å². The highest BCUT2D eigenvalue weighted by atomic mass is 32.2. The molecule has 1 atom stereocenters. The third-order valence-electron chi connectivity index (χ3n) is 2.89. The second-order valence-electron chi connectivity index (χ2n) is 5.75. The van der Waals surface area contributed by atoms with Gasteiger partial charge in [-0.2, -0.15) is 13.2 Å². The molecule has 0 saturated carbocycles. The molecule has 0 spiro atoms. The quantitative estimate of drug-likeness (QED) is 0.433. The van der Waals surface area contributed by atoms with Crippen LogP contribution in [0.3, 0.4) is 0 Å². The number of hydrogen-bond acceptors (Lipinski definition) is 3. The Bertz CT molecular complexity index is 520. The van der Waals surface area contributed by atoms with Gasteiger partial charge in [0.15, 0.2) is 0 Å². The molecular formula is C17H30F3NO3S. The fraction of sp³-hybridized carbons (Fsp3) is 0.647. The third-order valence-corrected chi connectivity index (χ3v) is 4.20. The van der Waals surface area contributed by atoms with E-state index in [2.05, 4.69) is 6.58 Å². The van der Waals surface area contributed by atoms with Gasteiger partial charge in [0.25, 0.3) is 0 Å². The molecule has 0 aromatic heterocycles. The molecular weight excluding hydrogens is 355 g/mol. The number of hydrogen-bond donors (Lipinski definition) is 1. The van der Waals surface area contributed by atoms with Crippen molar-refractivity contribution in [2.24, 2.45) is 5.92 Å². The molecule has 0 rings (SSSR count). The fourth-order valence-corrected chi connectivity index (χ4v) is 2.79. The normalized spacial score (nSPS) is 14.3. The molecule has 8 heteroatoms. The summed E-state index contributed by atoms with van der Waals surface area (Å²) in [4.78, 5) is 0. The summed E-state index contributed by atoms with van der Waals surface area (Å²) in [6.07, 6.45) is 6.38. The highest BCUT2D eigenvalue weighted by Gasteiger charge is 2.16. The Morgan fingerprint density at radius 3 is 2.24 bits per heavy atom. The van der Waals surface area contributed by atoms with E-state index < -0.39 is 16.2 Å². The van der Waals surface area contributed by atoms with Gasteiger partial charge >= 0.3 is 6.18 Å². The lowest BCUT2D eigenvalue weighted by molar-refractivity contribution is -0.110. The van der Waals surface area contributed by atoms with E-state index in [-0.39, 0.29) is 12.7 Å². The van der Waals surface area contributed by atoms with E-state index >= 15 is 0 Å². The summed E-state index contributed by atoms with van der Waals surface area (Å²) in [7, 11) is -3.10. The maximum atomic E-state index is 11.5. The van der Waals surface area contributed by atoms with Crippen molar-refractivity contribution in [3.05, 3.63) is 36.6 Å². The zero-order chi connectivity index (χ0) is 20.1. The van der Waals surface area contributed by atoms with Gasteiger partial charge < -0.3 is 5.11 Å².